The van der Waals surface area contributed by atoms with Gasteiger partial charge in [0, 0.05) is 29.8 Å². The van der Waals surface area contributed by atoms with E-state index in [4.69, 9.17) is 9.47 Å². The van der Waals surface area contributed by atoms with Gasteiger partial charge >= 0.3 is 0 Å². The number of amides is 1. The molecule has 2 heterocycles. The van der Waals surface area contributed by atoms with Crippen molar-refractivity contribution in [2.45, 2.75) is 26.3 Å². The molecule has 2 aliphatic rings. The number of fused-ring (bicyclic) bond motifs is 2. The van der Waals surface area contributed by atoms with Crippen LogP contribution >= 0.6 is 0 Å². The van der Waals surface area contributed by atoms with E-state index < -0.39 is 0 Å². The molecule has 0 aromatic heterocycles. The first-order chi connectivity index (χ1) is 10.8. The highest BCUT2D eigenvalue weighted by Gasteiger charge is 2.34. The average Bonchev–Trinajstić information content (AvgIpc) is 2.96. The van der Waals surface area contributed by atoms with Crippen molar-refractivity contribution in [1.82, 2.24) is 4.90 Å². The van der Waals surface area contributed by atoms with E-state index in [9.17, 15) is 4.79 Å². The molecule has 0 fully saturated rings. The third kappa shape index (κ3) is 2.60. The molecule has 1 aromatic rings. The van der Waals surface area contributed by atoms with Gasteiger partial charge in [0.25, 0.3) is 5.91 Å². The number of ether oxygens (including phenoxy) is 2. The summed E-state index contributed by atoms with van der Waals surface area (Å²) in [5, 5.41) is 0. The van der Waals surface area contributed by atoms with E-state index >= 15 is 0 Å². The number of aliphatic imine (C=N–C) groups is 1. The monoisotopic (exact) mass is 314 g/mol. The van der Waals surface area contributed by atoms with Crippen LogP contribution in [0.3, 0.4) is 0 Å². The van der Waals surface area contributed by atoms with Crippen molar-refractivity contribution in [2.24, 2.45) is 4.99 Å². The first kappa shape index (κ1) is 15.6. The quantitative estimate of drug-likeness (QED) is 0.843. The maximum Gasteiger partial charge on any atom is 0.272 e. The molecule has 0 aliphatic carbocycles. The van der Waals surface area contributed by atoms with Gasteiger partial charge in [-0.2, -0.15) is 0 Å². The van der Waals surface area contributed by atoms with Crippen molar-refractivity contribution >= 4 is 17.2 Å². The minimum atomic E-state index is -0.246. The number of hydrogen-bond acceptors (Lipinski definition) is 4. The molecule has 0 N–H and O–H groups in total. The summed E-state index contributed by atoms with van der Waals surface area (Å²) in [4.78, 5) is 19.0. The van der Waals surface area contributed by atoms with Crippen LogP contribution in [0.4, 0.5) is 0 Å². The molecule has 0 unspecified atom stereocenters. The predicted octanol–water partition coefficient (Wildman–Crippen LogP) is 2.55. The van der Waals surface area contributed by atoms with Crippen LogP contribution in [-0.2, 0) is 4.79 Å². The van der Waals surface area contributed by atoms with Crippen LogP contribution in [0.25, 0.3) is 5.57 Å². The summed E-state index contributed by atoms with van der Waals surface area (Å²) in [5.41, 5.74) is 3.27. The summed E-state index contributed by atoms with van der Waals surface area (Å²) >= 11 is 0. The Morgan fingerprint density at radius 2 is 2.04 bits per heavy atom. The molecule has 122 valence electrons. The number of nitrogens with zero attached hydrogens (tertiary/aromatic N) is 2. The van der Waals surface area contributed by atoms with Gasteiger partial charge in [0.15, 0.2) is 0 Å². The highest BCUT2D eigenvalue weighted by molar-refractivity contribution is 6.47. The second-order valence-electron chi connectivity index (χ2n) is 6.81. The summed E-state index contributed by atoms with van der Waals surface area (Å²) in [6, 6.07) is 5.75. The van der Waals surface area contributed by atoms with Crippen molar-refractivity contribution in [3.05, 3.63) is 29.3 Å². The van der Waals surface area contributed by atoms with Crippen LogP contribution in [0.2, 0.25) is 0 Å². The van der Waals surface area contributed by atoms with E-state index in [2.05, 4.69) is 4.99 Å². The molecule has 0 atom stereocenters. The number of carbonyl (C=O) groups excluding carboxylic acids is 1. The molecule has 5 nitrogen and oxygen atoms in total. The van der Waals surface area contributed by atoms with Crippen molar-refractivity contribution in [1.29, 1.82) is 0 Å². The fourth-order valence-electron chi connectivity index (χ4n) is 2.70. The zero-order chi connectivity index (χ0) is 16.8. The lowest BCUT2D eigenvalue weighted by Gasteiger charge is -2.32. The maximum atomic E-state index is 12.7. The third-order valence-corrected chi connectivity index (χ3v) is 4.44. The van der Waals surface area contributed by atoms with E-state index in [0.717, 1.165) is 28.2 Å². The summed E-state index contributed by atoms with van der Waals surface area (Å²) in [7, 11) is 3.44. The first-order valence-electron chi connectivity index (χ1n) is 7.69. The van der Waals surface area contributed by atoms with Crippen LogP contribution in [0.15, 0.2) is 28.8 Å². The Hall–Kier alpha value is -2.30. The first-order valence-corrected chi connectivity index (χ1v) is 7.69. The zero-order valence-corrected chi connectivity index (χ0v) is 14.3. The normalized spacial score (nSPS) is 16.3. The van der Waals surface area contributed by atoms with Gasteiger partial charge in [-0.3, -0.25) is 9.79 Å². The smallest absolute Gasteiger partial charge is 0.272 e. The van der Waals surface area contributed by atoms with Gasteiger partial charge in [0.2, 0.25) is 0 Å². The van der Waals surface area contributed by atoms with Crippen LogP contribution < -0.4 is 9.47 Å². The van der Waals surface area contributed by atoms with E-state index in [1.165, 1.54) is 0 Å². The lowest BCUT2D eigenvalue weighted by molar-refractivity contribution is -0.126. The fraction of sp³-hybridized carbons (Fsp3) is 0.444. The number of benzene rings is 1. The Morgan fingerprint density at radius 3 is 2.70 bits per heavy atom. The standard InChI is InChI=1S/C18H22N2O3/c1-18(2,3)20(4)17(21)16-14-10-23-15-8-11(22-5)6-7-12(15)13(14)9-19-16/h6-8H,9-10H2,1-5H3. The summed E-state index contributed by atoms with van der Waals surface area (Å²) in [5.74, 6) is 1.50. The van der Waals surface area contributed by atoms with Crippen molar-refractivity contribution < 1.29 is 14.3 Å². The van der Waals surface area contributed by atoms with E-state index in [0.29, 0.717) is 18.9 Å². The number of methoxy groups -OCH3 is 1. The molecule has 3 rings (SSSR count). The van der Waals surface area contributed by atoms with Crippen LogP contribution in [0.5, 0.6) is 11.5 Å². The van der Waals surface area contributed by atoms with Gasteiger partial charge < -0.3 is 14.4 Å². The lowest BCUT2D eigenvalue weighted by atomic mass is 9.95. The highest BCUT2D eigenvalue weighted by atomic mass is 16.5. The lowest BCUT2D eigenvalue weighted by Crippen LogP contribution is -2.46. The number of hydrogen-bond donors (Lipinski definition) is 0. The molecule has 0 saturated heterocycles. The second-order valence-corrected chi connectivity index (χ2v) is 6.81. The SMILES string of the molecule is COc1ccc2c(c1)OCC1=C2CN=C1C(=O)N(C)C(C)(C)C. The largest absolute Gasteiger partial charge is 0.497 e. The van der Waals surface area contributed by atoms with Gasteiger partial charge in [0.1, 0.15) is 23.8 Å². The van der Waals surface area contributed by atoms with E-state index in [1.54, 1.807) is 12.0 Å². The van der Waals surface area contributed by atoms with Gasteiger partial charge in [-0.15, -0.1) is 0 Å². The Bertz CT molecular complexity index is 726. The zero-order valence-electron chi connectivity index (χ0n) is 14.3. The summed E-state index contributed by atoms with van der Waals surface area (Å²) in [6.45, 7) is 6.92. The van der Waals surface area contributed by atoms with Crippen molar-refractivity contribution in [3.63, 3.8) is 0 Å². The van der Waals surface area contributed by atoms with Crippen LogP contribution in [0, 0.1) is 0 Å². The Labute approximate surface area is 136 Å². The molecule has 1 aromatic carbocycles. The number of rotatable bonds is 2. The van der Waals surface area contributed by atoms with Crippen molar-refractivity contribution in [2.75, 3.05) is 27.3 Å². The Morgan fingerprint density at radius 1 is 1.30 bits per heavy atom. The summed E-state index contributed by atoms with van der Waals surface area (Å²) in [6.07, 6.45) is 0. The van der Waals surface area contributed by atoms with E-state index in [1.807, 2.05) is 46.0 Å². The molecule has 0 spiro atoms. The molecule has 23 heavy (non-hydrogen) atoms. The fourth-order valence-corrected chi connectivity index (χ4v) is 2.70. The maximum absolute atomic E-state index is 12.7. The summed E-state index contributed by atoms with van der Waals surface area (Å²) < 4.78 is 11.1. The minimum Gasteiger partial charge on any atom is -0.497 e. The van der Waals surface area contributed by atoms with Gasteiger partial charge in [-0.1, -0.05) is 0 Å². The van der Waals surface area contributed by atoms with Gasteiger partial charge in [0.05, 0.1) is 13.7 Å². The molecule has 1 amide bonds. The van der Waals surface area contributed by atoms with Crippen LogP contribution in [0.1, 0.15) is 26.3 Å². The Kier molecular flexibility index (Phi) is 3.66. The highest BCUT2D eigenvalue weighted by Crippen LogP contribution is 2.38. The van der Waals surface area contributed by atoms with Crippen molar-refractivity contribution in [3.8, 4) is 11.5 Å². The molecule has 2 aliphatic heterocycles. The van der Waals surface area contributed by atoms with Gasteiger partial charge in [-0.05, 0) is 38.5 Å². The number of carbonyl (C=O) groups is 1. The molecule has 0 bridgehead atoms. The third-order valence-electron chi connectivity index (χ3n) is 4.44. The molecular formula is C18H22N2O3. The molecule has 0 saturated carbocycles. The Balaban J connectivity index is 1.94. The second kappa shape index (κ2) is 5.41. The van der Waals surface area contributed by atoms with E-state index in [-0.39, 0.29) is 11.4 Å². The molecule has 0 radical (unpaired) electrons. The van der Waals surface area contributed by atoms with Crippen LogP contribution in [-0.4, -0.2) is 49.4 Å². The molecular weight excluding hydrogens is 292 g/mol. The topological polar surface area (TPSA) is 51.1 Å². The minimum absolute atomic E-state index is 0.0527. The average molecular weight is 314 g/mol. The van der Waals surface area contributed by atoms with Gasteiger partial charge in [-0.25, -0.2) is 0 Å². The molecule has 5 heteroatoms. The predicted molar refractivity (Wildman–Crippen MR) is 90.2 cm³/mol.